The number of aliphatic hydroxyl groups is 1. The second-order valence-electron chi connectivity index (χ2n) is 5.42. The molecular weight excluding hydrogens is 240 g/mol. The molecule has 19 heavy (non-hydrogen) atoms. The third-order valence-electron chi connectivity index (χ3n) is 4.30. The summed E-state index contributed by atoms with van der Waals surface area (Å²) in [5.41, 5.74) is 2.15. The zero-order chi connectivity index (χ0) is 13.2. The monoisotopic (exact) mass is 260 g/mol. The third-order valence-corrected chi connectivity index (χ3v) is 4.30. The molecule has 0 aromatic heterocycles. The van der Waals surface area contributed by atoms with Gasteiger partial charge in [0.15, 0.2) is 0 Å². The van der Waals surface area contributed by atoms with E-state index in [4.69, 9.17) is 0 Å². The molecule has 1 amide bonds. The van der Waals surface area contributed by atoms with Crippen molar-refractivity contribution in [3.05, 3.63) is 29.8 Å². The quantitative estimate of drug-likeness (QED) is 0.845. The number of carbonyl (C=O) groups excluding carboxylic acids is 1. The average Bonchev–Trinajstić information content (AvgIpc) is 2.82. The lowest BCUT2D eigenvalue weighted by Crippen LogP contribution is -2.47. The van der Waals surface area contributed by atoms with E-state index in [1.165, 1.54) is 5.56 Å². The van der Waals surface area contributed by atoms with Crippen LogP contribution in [0.2, 0.25) is 0 Å². The molecule has 2 aliphatic rings. The van der Waals surface area contributed by atoms with Gasteiger partial charge in [-0.05, 0) is 43.9 Å². The maximum absolute atomic E-state index is 12.4. The molecule has 0 aliphatic carbocycles. The largest absolute Gasteiger partial charge is 0.395 e. The lowest BCUT2D eigenvalue weighted by atomic mass is 10.0. The van der Waals surface area contributed by atoms with E-state index in [2.05, 4.69) is 16.3 Å². The van der Waals surface area contributed by atoms with Gasteiger partial charge in [-0.2, -0.15) is 0 Å². The van der Waals surface area contributed by atoms with E-state index >= 15 is 0 Å². The van der Waals surface area contributed by atoms with Crippen molar-refractivity contribution in [2.45, 2.75) is 37.8 Å². The van der Waals surface area contributed by atoms with Crippen LogP contribution >= 0.6 is 0 Å². The first-order chi connectivity index (χ1) is 9.29. The molecule has 0 saturated carbocycles. The van der Waals surface area contributed by atoms with Crippen molar-refractivity contribution in [2.75, 3.05) is 18.5 Å². The molecule has 2 heterocycles. The van der Waals surface area contributed by atoms with Gasteiger partial charge in [0.25, 0.3) is 0 Å². The minimum atomic E-state index is -0.105. The minimum Gasteiger partial charge on any atom is -0.395 e. The summed E-state index contributed by atoms with van der Waals surface area (Å²) >= 11 is 0. The highest BCUT2D eigenvalue weighted by atomic mass is 16.3. The number of aliphatic hydroxyl groups excluding tert-OH is 1. The summed E-state index contributed by atoms with van der Waals surface area (Å²) < 4.78 is 0. The van der Waals surface area contributed by atoms with Crippen molar-refractivity contribution in [1.82, 2.24) is 4.90 Å². The van der Waals surface area contributed by atoms with Gasteiger partial charge in [-0.15, -0.1) is 0 Å². The second kappa shape index (κ2) is 5.31. The number of benzene rings is 1. The van der Waals surface area contributed by atoms with Gasteiger partial charge < -0.3 is 10.4 Å². The smallest absolute Gasteiger partial charge is 0.241 e. The maximum atomic E-state index is 12.4. The fourth-order valence-electron chi connectivity index (χ4n) is 3.28. The van der Waals surface area contributed by atoms with Crippen LogP contribution in [-0.2, 0) is 11.2 Å². The number of anilines is 1. The average molecular weight is 260 g/mol. The number of likely N-dealkylation sites (tertiary alicyclic amines) is 1. The van der Waals surface area contributed by atoms with Crippen molar-refractivity contribution in [3.63, 3.8) is 0 Å². The van der Waals surface area contributed by atoms with E-state index in [0.29, 0.717) is 0 Å². The fraction of sp³-hybridized carbons (Fsp3) is 0.533. The molecule has 3 rings (SSSR count). The van der Waals surface area contributed by atoms with Gasteiger partial charge in [-0.25, -0.2) is 0 Å². The molecule has 2 aliphatic heterocycles. The predicted molar refractivity (Wildman–Crippen MR) is 74.0 cm³/mol. The van der Waals surface area contributed by atoms with Crippen molar-refractivity contribution in [2.24, 2.45) is 0 Å². The summed E-state index contributed by atoms with van der Waals surface area (Å²) in [6.07, 6.45) is 3.81. The summed E-state index contributed by atoms with van der Waals surface area (Å²) in [4.78, 5) is 14.6. The van der Waals surface area contributed by atoms with Crippen LogP contribution in [0.15, 0.2) is 24.3 Å². The molecule has 2 N–H and O–H groups in total. The zero-order valence-corrected chi connectivity index (χ0v) is 11.0. The number of aryl methyl sites for hydroxylation is 1. The van der Waals surface area contributed by atoms with Crippen molar-refractivity contribution in [1.29, 1.82) is 0 Å². The van der Waals surface area contributed by atoms with Gasteiger partial charge in [0.2, 0.25) is 5.91 Å². The predicted octanol–water partition coefficient (Wildman–Crippen LogP) is 1.40. The second-order valence-corrected chi connectivity index (χ2v) is 5.42. The Labute approximate surface area is 113 Å². The van der Waals surface area contributed by atoms with E-state index in [0.717, 1.165) is 37.9 Å². The van der Waals surface area contributed by atoms with Crippen LogP contribution in [0.25, 0.3) is 0 Å². The highest BCUT2D eigenvalue weighted by molar-refractivity contribution is 5.96. The van der Waals surface area contributed by atoms with Gasteiger partial charge >= 0.3 is 0 Å². The van der Waals surface area contributed by atoms with Gasteiger partial charge in [0, 0.05) is 11.7 Å². The number of para-hydroxylation sites is 1. The Morgan fingerprint density at radius 1 is 1.32 bits per heavy atom. The fourth-order valence-corrected chi connectivity index (χ4v) is 3.28. The standard InChI is InChI=1S/C15H20N2O2/c18-10-12-5-3-9-17(12)14-8-7-11-4-1-2-6-13(11)16-15(14)19/h1-2,4,6,12,14,18H,3,5,7-10H2,(H,16,19). The third kappa shape index (κ3) is 2.38. The summed E-state index contributed by atoms with van der Waals surface area (Å²) in [7, 11) is 0. The van der Waals surface area contributed by atoms with Crippen molar-refractivity contribution < 1.29 is 9.90 Å². The van der Waals surface area contributed by atoms with Crippen LogP contribution < -0.4 is 5.32 Å². The molecule has 1 aromatic carbocycles. The Morgan fingerprint density at radius 2 is 2.16 bits per heavy atom. The number of hydrogen-bond acceptors (Lipinski definition) is 3. The number of amides is 1. The first-order valence-corrected chi connectivity index (χ1v) is 7.05. The summed E-state index contributed by atoms with van der Waals surface area (Å²) in [5, 5.41) is 12.5. The Morgan fingerprint density at radius 3 is 3.00 bits per heavy atom. The van der Waals surface area contributed by atoms with Crippen LogP contribution in [0.5, 0.6) is 0 Å². The number of hydrogen-bond donors (Lipinski definition) is 2. The number of carbonyl (C=O) groups is 1. The maximum Gasteiger partial charge on any atom is 0.241 e. The Bertz CT molecular complexity index is 475. The number of nitrogens with zero attached hydrogens (tertiary/aromatic N) is 1. The van der Waals surface area contributed by atoms with Crippen LogP contribution in [0.4, 0.5) is 5.69 Å². The SMILES string of the molecule is O=C1Nc2ccccc2CCC1N1CCCC1CO. The molecular formula is C15H20N2O2. The van der Waals surface area contributed by atoms with E-state index in [1.54, 1.807) is 0 Å². The molecule has 1 saturated heterocycles. The van der Waals surface area contributed by atoms with Gasteiger partial charge in [0.05, 0.1) is 12.6 Å². The Balaban J connectivity index is 1.81. The molecule has 0 radical (unpaired) electrons. The van der Waals surface area contributed by atoms with Crippen LogP contribution in [0, 0.1) is 0 Å². The number of rotatable bonds is 2. The molecule has 1 fully saturated rings. The summed E-state index contributed by atoms with van der Waals surface area (Å²) in [6.45, 7) is 1.07. The summed E-state index contributed by atoms with van der Waals surface area (Å²) in [5.74, 6) is 0.0744. The normalized spacial score (nSPS) is 27.7. The molecule has 102 valence electrons. The van der Waals surface area contributed by atoms with Crippen LogP contribution in [0.3, 0.4) is 0 Å². The highest BCUT2D eigenvalue weighted by Gasteiger charge is 2.35. The van der Waals surface area contributed by atoms with E-state index in [9.17, 15) is 9.90 Å². The molecule has 2 atom stereocenters. The van der Waals surface area contributed by atoms with Crippen molar-refractivity contribution in [3.8, 4) is 0 Å². The van der Waals surface area contributed by atoms with Crippen LogP contribution in [-0.4, -0.2) is 41.1 Å². The number of fused-ring (bicyclic) bond motifs is 1. The Hall–Kier alpha value is -1.39. The van der Waals surface area contributed by atoms with Gasteiger partial charge in [-0.1, -0.05) is 18.2 Å². The van der Waals surface area contributed by atoms with E-state index in [1.807, 2.05) is 18.2 Å². The molecule has 0 spiro atoms. The van der Waals surface area contributed by atoms with Crippen LogP contribution in [0.1, 0.15) is 24.8 Å². The molecule has 2 unspecified atom stereocenters. The van der Waals surface area contributed by atoms with Gasteiger partial charge in [-0.3, -0.25) is 9.69 Å². The lowest BCUT2D eigenvalue weighted by molar-refractivity contribution is -0.122. The first kappa shape index (κ1) is 12.6. The minimum absolute atomic E-state index is 0.0744. The van der Waals surface area contributed by atoms with Crippen molar-refractivity contribution >= 4 is 11.6 Å². The highest BCUT2D eigenvalue weighted by Crippen LogP contribution is 2.27. The topological polar surface area (TPSA) is 52.6 Å². The first-order valence-electron chi connectivity index (χ1n) is 7.05. The van der Waals surface area contributed by atoms with Gasteiger partial charge in [0.1, 0.15) is 0 Å². The molecule has 0 bridgehead atoms. The lowest BCUT2D eigenvalue weighted by Gasteiger charge is -2.30. The zero-order valence-electron chi connectivity index (χ0n) is 11.0. The number of nitrogens with one attached hydrogen (secondary N) is 1. The summed E-state index contributed by atoms with van der Waals surface area (Å²) in [6, 6.07) is 8.04. The Kier molecular flexibility index (Phi) is 3.53. The molecule has 1 aromatic rings. The van der Waals surface area contributed by atoms with E-state index in [-0.39, 0.29) is 24.6 Å². The molecule has 4 nitrogen and oxygen atoms in total. The van der Waals surface area contributed by atoms with E-state index < -0.39 is 0 Å². The molecule has 4 heteroatoms.